The lowest BCUT2D eigenvalue weighted by atomic mass is 10.0. The van der Waals surface area contributed by atoms with Gasteiger partial charge in [0.25, 0.3) is 15.9 Å². The molecule has 0 fully saturated rings. The van der Waals surface area contributed by atoms with Gasteiger partial charge >= 0.3 is 0 Å². The number of carbonyl (C=O) groups excluding carboxylic acids is 1. The summed E-state index contributed by atoms with van der Waals surface area (Å²) in [5.41, 5.74) is 3.95. The van der Waals surface area contributed by atoms with Crippen LogP contribution in [0.25, 0.3) is 11.1 Å². The number of hydrogen-bond acceptors (Lipinski definition) is 6. The molecule has 3 N–H and O–H groups in total. The molecule has 9 heteroatoms. The molecule has 0 unspecified atom stereocenters. The number of benzene rings is 4. The number of aliphatic hydroxyl groups is 1. The molecule has 41 heavy (non-hydrogen) atoms. The molecule has 0 radical (unpaired) electrons. The van der Waals surface area contributed by atoms with Crippen LogP contribution in [0.2, 0.25) is 0 Å². The van der Waals surface area contributed by atoms with E-state index in [0.717, 1.165) is 35.2 Å². The van der Waals surface area contributed by atoms with Crippen molar-refractivity contribution in [2.75, 3.05) is 13.1 Å². The second-order valence-corrected chi connectivity index (χ2v) is 11.4. The predicted molar refractivity (Wildman–Crippen MR) is 164 cm³/mol. The zero-order chi connectivity index (χ0) is 28.5. The molecule has 4 rings (SSSR count). The van der Waals surface area contributed by atoms with Crippen molar-refractivity contribution in [1.29, 1.82) is 0 Å². The van der Waals surface area contributed by atoms with Crippen LogP contribution < -0.4 is 14.8 Å². The summed E-state index contributed by atoms with van der Waals surface area (Å²) in [6.07, 6.45) is 0.0375. The molecular formula is C32H35ClN2O5S. The van der Waals surface area contributed by atoms with Gasteiger partial charge in [-0.2, -0.15) is 0 Å². The predicted octanol–water partition coefficient (Wildman–Crippen LogP) is 5.55. The van der Waals surface area contributed by atoms with Gasteiger partial charge in [0, 0.05) is 6.54 Å². The van der Waals surface area contributed by atoms with Gasteiger partial charge in [0.15, 0.2) is 0 Å². The Labute approximate surface area is 248 Å². The van der Waals surface area contributed by atoms with Gasteiger partial charge in [-0.15, -0.1) is 12.4 Å². The Kier molecular flexibility index (Phi) is 11.5. The summed E-state index contributed by atoms with van der Waals surface area (Å²) in [6.45, 7) is 4.89. The Morgan fingerprint density at radius 2 is 1.46 bits per heavy atom. The van der Waals surface area contributed by atoms with Crippen LogP contribution in [0.3, 0.4) is 0 Å². The van der Waals surface area contributed by atoms with E-state index in [-0.39, 0.29) is 29.0 Å². The van der Waals surface area contributed by atoms with E-state index in [1.54, 1.807) is 36.4 Å². The third kappa shape index (κ3) is 8.90. The van der Waals surface area contributed by atoms with Crippen LogP contribution in [0, 0.1) is 0 Å². The van der Waals surface area contributed by atoms with Crippen molar-refractivity contribution >= 4 is 28.3 Å². The first-order valence-corrected chi connectivity index (χ1v) is 14.7. The summed E-state index contributed by atoms with van der Waals surface area (Å²) in [5, 5.41) is 13.6. The van der Waals surface area contributed by atoms with Crippen molar-refractivity contribution in [2.45, 2.75) is 37.4 Å². The third-order valence-electron chi connectivity index (χ3n) is 6.27. The van der Waals surface area contributed by atoms with Gasteiger partial charge in [-0.05, 0) is 73.3 Å². The molecule has 0 spiro atoms. The molecule has 7 nitrogen and oxygen atoms in total. The number of amides is 1. The first kappa shape index (κ1) is 31.8. The van der Waals surface area contributed by atoms with Crippen LogP contribution in [-0.2, 0) is 16.4 Å². The molecule has 216 valence electrons. The van der Waals surface area contributed by atoms with Crippen LogP contribution in [-0.4, -0.2) is 38.6 Å². The SMILES string of the molecule is CC(C)Oc1cc(-c2ccc(CCNC[C@H](O)c3ccccc3)cc2)ccc1C(=O)NS(=O)(=O)c1ccccc1.Cl. The van der Waals surface area contributed by atoms with E-state index in [1.807, 2.05) is 68.4 Å². The lowest BCUT2D eigenvalue weighted by Crippen LogP contribution is -2.31. The number of sulfonamides is 1. The zero-order valence-electron chi connectivity index (χ0n) is 23.0. The molecular weight excluding hydrogens is 560 g/mol. The highest BCUT2D eigenvalue weighted by atomic mass is 35.5. The van der Waals surface area contributed by atoms with Gasteiger partial charge in [-0.3, -0.25) is 4.79 Å². The first-order valence-electron chi connectivity index (χ1n) is 13.2. The smallest absolute Gasteiger partial charge is 0.268 e. The molecule has 0 saturated heterocycles. The number of halogens is 1. The molecule has 0 bridgehead atoms. The zero-order valence-corrected chi connectivity index (χ0v) is 24.6. The summed E-state index contributed by atoms with van der Waals surface area (Å²) >= 11 is 0. The molecule has 0 aromatic heterocycles. The monoisotopic (exact) mass is 594 g/mol. The van der Waals surface area contributed by atoms with Crippen molar-refractivity contribution < 1.29 is 23.1 Å². The summed E-state index contributed by atoms with van der Waals surface area (Å²) in [7, 11) is -4.02. The van der Waals surface area contributed by atoms with E-state index >= 15 is 0 Å². The molecule has 4 aromatic rings. The van der Waals surface area contributed by atoms with Gasteiger partial charge in [-0.25, -0.2) is 13.1 Å². The summed E-state index contributed by atoms with van der Waals surface area (Å²) in [5.74, 6) is -0.454. The van der Waals surface area contributed by atoms with Crippen LogP contribution in [0.15, 0.2) is 108 Å². The van der Waals surface area contributed by atoms with Gasteiger partial charge in [0.2, 0.25) is 0 Å². The van der Waals surface area contributed by atoms with Gasteiger partial charge in [0.05, 0.1) is 22.7 Å². The fourth-order valence-electron chi connectivity index (χ4n) is 4.20. The number of ether oxygens (including phenoxy) is 1. The average Bonchev–Trinajstić information content (AvgIpc) is 2.96. The molecule has 0 saturated carbocycles. The van der Waals surface area contributed by atoms with E-state index in [2.05, 4.69) is 10.0 Å². The summed E-state index contributed by atoms with van der Waals surface area (Å²) in [4.78, 5) is 13.0. The second-order valence-electron chi connectivity index (χ2n) is 9.70. The van der Waals surface area contributed by atoms with Crippen LogP contribution >= 0.6 is 12.4 Å². The highest BCUT2D eigenvalue weighted by Gasteiger charge is 2.22. The maximum Gasteiger partial charge on any atom is 0.268 e. The van der Waals surface area contributed by atoms with E-state index in [4.69, 9.17) is 4.74 Å². The largest absolute Gasteiger partial charge is 0.490 e. The Hall–Kier alpha value is -3.69. The fourth-order valence-corrected chi connectivity index (χ4v) is 5.19. The van der Waals surface area contributed by atoms with Crippen molar-refractivity contribution in [1.82, 2.24) is 10.0 Å². The Bertz CT molecular complexity index is 1510. The number of aliphatic hydroxyl groups excluding tert-OH is 1. The molecule has 4 aromatic carbocycles. The number of rotatable bonds is 12. The molecule has 0 aliphatic carbocycles. The maximum absolute atomic E-state index is 13.0. The van der Waals surface area contributed by atoms with Crippen LogP contribution in [0.1, 0.15) is 41.4 Å². The van der Waals surface area contributed by atoms with E-state index in [9.17, 15) is 18.3 Å². The van der Waals surface area contributed by atoms with Gasteiger partial charge in [-0.1, -0.05) is 78.9 Å². The number of hydrogen-bond donors (Lipinski definition) is 3. The summed E-state index contributed by atoms with van der Waals surface area (Å²) in [6, 6.07) is 30.5. The number of carbonyl (C=O) groups is 1. The normalized spacial score (nSPS) is 11.9. The topological polar surface area (TPSA) is 105 Å². The van der Waals surface area contributed by atoms with Crippen molar-refractivity contribution in [2.24, 2.45) is 0 Å². The molecule has 0 heterocycles. The summed E-state index contributed by atoms with van der Waals surface area (Å²) < 4.78 is 33.4. The lowest BCUT2D eigenvalue weighted by Gasteiger charge is -2.16. The highest BCUT2D eigenvalue weighted by molar-refractivity contribution is 7.90. The van der Waals surface area contributed by atoms with E-state index in [0.29, 0.717) is 12.3 Å². The third-order valence-corrected chi connectivity index (χ3v) is 7.62. The van der Waals surface area contributed by atoms with Crippen molar-refractivity contribution in [3.63, 3.8) is 0 Å². The Morgan fingerprint density at radius 1 is 0.854 bits per heavy atom. The minimum atomic E-state index is -4.02. The van der Waals surface area contributed by atoms with Gasteiger partial charge < -0.3 is 15.2 Å². The maximum atomic E-state index is 13.0. The second kappa shape index (κ2) is 14.8. The van der Waals surface area contributed by atoms with Crippen molar-refractivity contribution in [3.05, 3.63) is 120 Å². The quantitative estimate of drug-likeness (QED) is 0.186. The Balaban J connectivity index is 0.00000462. The number of nitrogens with one attached hydrogen (secondary N) is 2. The van der Waals surface area contributed by atoms with Crippen LogP contribution in [0.5, 0.6) is 5.75 Å². The van der Waals surface area contributed by atoms with E-state index in [1.165, 1.54) is 12.1 Å². The standard InChI is InChI=1S/C32H34N2O5S.ClH/c1-23(2)39-31-21-27(17-18-29(31)32(36)34-40(37,38)28-11-7-4-8-12-28)25-15-13-24(14-16-25)19-20-33-22-30(35)26-9-5-3-6-10-26;/h3-18,21,23,30,33,35H,19-20,22H2,1-2H3,(H,34,36);1H/t30-;/m0./s1. The highest BCUT2D eigenvalue weighted by Crippen LogP contribution is 2.29. The first-order chi connectivity index (χ1) is 19.2. The fraction of sp³-hybridized carbons (Fsp3) is 0.219. The molecule has 0 aliphatic rings. The average molecular weight is 595 g/mol. The van der Waals surface area contributed by atoms with Crippen molar-refractivity contribution in [3.8, 4) is 16.9 Å². The lowest BCUT2D eigenvalue weighted by molar-refractivity contribution is 0.0975. The van der Waals surface area contributed by atoms with E-state index < -0.39 is 22.0 Å². The minimum Gasteiger partial charge on any atom is -0.490 e. The molecule has 0 aliphatic heterocycles. The molecule has 1 amide bonds. The van der Waals surface area contributed by atoms with Crippen LogP contribution in [0.4, 0.5) is 0 Å². The molecule has 1 atom stereocenters. The Morgan fingerprint density at radius 3 is 2.10 bits per heavy atom. The van der Waals surface area contributed by atoms with Gasteiger partial charge in [0.1, 0.15) is 5.75 Å². The minimum absolute atomic E-state index is 0.